The monoisotopic (exact) mass is 248 g/mol. The van der Waals surface area contributed by atoms with Crippen LogP contribution in [0.4, 0.5) is 6.01 Å². The molecular weight excluding hydrogens is 232 g/mol. The normalized spacial score (nSPS) is 10.6. The van der Waals surface area contributed by atoms with Crippen LogP contribution < -0.4 is 4.90 Å². The number of aromatic nitrogens is 1. The van der Waals surface area contributed by atoms with Crippen molar-refractivity contribution in [3.63, 3.8) is 0 Å². The predicted octanol–water partition coefficient (Wildman–Crippen LogP) is 2.22. The van der Waals surface area contributed by atoms with Crippen LogP contribution in [0.25, 0.3) is 11.1 Å². The molecule has 0 fully saturated rings. The number of esters is 1. The number of hydrogen-bond donors (Lipinski definition) is 0. The van der Waals surface area contributed by atoms with E-state index in [0.29, 0.717) is 25.4 Å². The Morgan fingerprint density at radius 1 is 1.44 bits per heavy atom. The number of para-hydroxylation sites is 2. The fourth-order valence-electron chi connectivity index (χ4n) is 1.68. The first-order valence-electron chi connectivity index (χ1n) is 5.84. The quantitative estimate of drug-likeness (QED) is 0.759. The minimum absolute atomic E-state index is 0.194. The van der Waals surface area contributed by atoms with Crippen LogP contribution in [0, 0.1) is 0 Å². The lowest BCUT2D eigenvalue weighted by atomic mass is 10.3. The van der Waals surface area contributed by atoms with E-state index in [1.807, 2.05) is 36.2 Å². The van der Waals surface area contributed by atoms with E-state index in [1.165, 1.54) is 7.11 Å². The first kappa shape index (κ1) is 12.4. The Bertz CT molecular complexity index is 503. The maximum Gasteiger partial charge on any atom is 0.305 e. The second-order valence-corrected chi connectivity index (χ2v) is 4.07. The van der Waals surface area contributed by atoms with E-state index in [2.05, 4.69) is 9.72 Å². The summed E-state index contributed by atoms with van der Waals surface area (Å²) < 4.78 is 10.2. The minimum Gasteiger partial charge on any atom is -0.469 e. The number of methoxy groups -OCH3 is 1. The van der Waals surface area contributed by atoms with Crippen LogP contribution in [0.5, 0.6) is 0 Å². The Hall–Kier alpha value is -2.04. The zero-order chi connectivity index (χ0) is 13.0. The second kappa shape index (κ2) is 5.53. The summed E-state index contributed by atoms with van der Waals surface area (Å²) in [6.45, 7) is 0.696. The molecule has 0 saturated carbocycles. The number of hydrogen-bond acceptors (Lipinski definition) is 5. The zero-order valence-corrected chi connectivity index (χ0v) is 10.5. The second-order valence-electron chi connectivity index (χ2n) is 4.07. The maximum atomic E-state index is 11.0. The average Bonchev–Trinajstić information content (AvgIpc) is 2.82. The number of carbonyl (C=O) groups is 1. The summed E-state index contributed by atoms with van der Waals surface area (Å²) in [6, 6.07) is 8.19. The van der Waals surface area contributed by atoms with Crippen molar-refractivity contribution in [2.75, 3.05) is 25.6 Å². The Kier molecular flexibility index (Phi) is 3.82. The molecule has 0 aliphatic carbocycles. The highest BCUT2D eigenvalue weighted by Gasteiger charge is 2.10. The molecule has 0 aliphatic rings. The zero-order valence-electron chi connectivity index (χ0n) is 10.5. The molecule has 5 nitrogen and oxygen atoms in total. The van der Waals surface area contributed by atoms with Crippen molar-refractivity contribution in [3.8, 4) is 0 Å². The van der Waals surface area contributed by atoms with E-state index < -0.39 is 0 Å². The molecule has 0 radical (unpaired) electrons. The van der Waals surface area contributed by atoms with Crippen molar-refractivity contribution in [1.82, 2.24) is 4.98 Å². The van der Waals surface area contributed by atoms with Gasteiger partial charge >= 0.3 is 5.97 Å². The lowest BCUT2D eigenvalue weighted by molar-refractivity contribution is -0.140. The van der Waals surface area contributed by atoms with E-state index in [1.54, 1.807) is 0 Å². The standard InChI is InChI=1S/C13H16N2O3/c1-15(9-5-8-12(16)17-2)13-14-10-6-3-4-7-11(10)18-13/h3-4,6-7H,5,8-9H2,1-2H3. The highest BCUT2D eigenvalue weighted by Crippen LogP contribution is 2.20. The van der Waals surface area contributed by atoms with Gasteiger partial charge in [0, 0.05) is 20.0 Å². The van der Waals surface area contributed by atoms with Gasteiger partial charge in [0.1, 0.15) is 5.52 Å². The van der Waals surface area contributed by atoms with Gasteiger partial charge in [-0.05, 0) is 18.6 Å². The molecule has 0 amide bonds. The summed E-state index contributed by atoms with van der Waals surface area (Å²) in [5.74, 6) is -0.194. The number of ether oxygens (including phenoxy) is 1. The summed E-state index contributed by atoms with van der Waals surface area (Å²) in [5.41, 5.74) is 1.61. The smallest absolute Gasteiger partial charge is 0.305 e. The van der Waals surface area contributed by atoms with Crippen LogP contribution >= 0.6 is 0 Å². The lowest BCUT2D eigenvalue weighted by Gasteiger charge is -2.13. The average molecular weight is 248 g/mol. The molecular formula is C13H16N2O3. The molecule has 0 N–H and O–H groups in total. The fraction of sp³-hybridized carbons (Fsp3) is 0.385. The topological polar surface area (TPSA) is 55.6 Å². The third kappa shape index (κ3) is 2.80. The van der Waals surface area contributed by atoms with E-state index in [0.717, 1.165) is 11.1 Å². The van der Waals surface area contributed by atoms with Gasteiger partial charge in [-0.15, -0.1) is 0 Å². The lowest BCUT2D eigenvalue weighted by Crippen LogP contribution is -2.19. The van der Waals surface area contributed by atoms with Crippen molar-refractivity contribution in [2.24, 2.45) is 0 Å². The summed E-state index contributed by atoms with van der Waals surface area (Å²) in [4.78, 5) is 17.3. The highest BCUT2D eigenvalue weighted by molar-refractivity contribution is 5.74. The summed E-state index contributed by atoms with van der Waals surface area (Å²) in [7, 11) is 3.29. The van der Waals surface area contributed by atoms with Gasteiger partial charge in [-0.2, -0.15) is 4.98 Å². The third-order valence-corrected chi connectivity index (χ3v) is 2.71. The van der Waals surface area contributed by atoms with Crippen molar-refractivity contribution in [3.05, 3.63) is 24.3 Å². The molecule has 0 unspecified atom stereocenters. The van der Waals surface area contributed by atoms with Crippen molar-refractivity contribution >= 4 is 23.1 Å². The van der Waals surface area contributed by atoms with Crippen LogP contribution in [-0.4, -0.2) is 31.7 Å². The first-order chi connectivity index (χ1) is 8.70. The van der Waals surface area contributed by atoms with Gasteiger partial charge in [0.05, 0.1) is 7.11 Å². The number of benzene rings is 1. The number of carbonyl (C=O) groups excluding carboxylic acids is 1. The molecule has 1 heterocycles. The molecule has 0 atom stereocenters. The fourth-order valence-corrected chi connectivity index (χ4v) is 1.68. The van der Waals surface area contributed by atoms with Crippen LogP contribution in [0.15, 0.2) is 28.7 Å². The van der Waals surface area contributed by atoms with Gasteiger partial charge < -0.3 is 14.1 Å². The predicted molar refractivity (Wildman–Crippen MR) is 68.5 cm³/mol. The van der Waals surface area contributed by atoms with Crippen molar-refractivity contribution in [2.45, 2.75) is 12.8 Å². The molecule has 2 rings (SSSR count). The van der Waals surface area contributed by atoms with E-state index >= 15 is 0 Å². The molecule has 0 saturated heterocycles. The summed E-state index contributed by atoms with van der Waals surface area (Å²) in [5, 5.41) is 0. The van der Waals surface area contributed by atoms with Gasteiger partial charge in [-0.1, -0.05) is 12.1 Å². The van der Waals surface area contributed by atoms with E-state index in [9.17, 15) is 4.79 Å². The van der Waals surface area contributed by atoms with Gasteiger partial charge in [-0.3, -0.25) is 4.79 Å². The van der Waals surface area contributed by atoms with E-state index in [-0.39, 0.29) is 5.97 Å². The number of fused-ring (bicyclic) bond motifs is 1. The summed E-state index contributed by atoms with van der Waals surface area (Å²) >= 11 is 0. The molecule has 96 valence electrons. The van der Waals surface area contributed by atoms with Crippen molar-refractivity contribution in [1.29, 1.82) is 0 Å². The maximum absolute atomic E-state index is 11.0. The molecule has 0 bridgehead atoms. The minimum atomic E-state index is -0.194. The van der Waals surface area contributed by atoms with Gasteiger partial charge in [0.15, 0.2) is 5.58 Å². The molecule has 1 aromatic heterocycles. The van der Waals surface area contributed by atoms with Crippen LogP contribution in [0.2, 0.25) is 0 Å². The van der Waals surface area contributed by atoms with E-state index in [4.69, 9.17) is 4.42 Å². The van der Waals surface area contributed by atoms with Gasteiger partial charge in [-0.25, -0.2) is 0 Å². The Morgan fingerprint density at radius 2 is 2.22 bits per heavy atom. The SMILES string of the molecule is COC(=O)CCCN(C)c1nc2ccccc2o1. The first-order valence-corrected chi connectivity index (χ1v) is 5.84. The highest BCUT2D eigenvalue weighted by atomic mass is 16.5. The third-order valence-electron chi connectivity index (χ3n) is 2.71. The summed E-state index contributed by atoms with van der Waals surface area (Å²) in [6.07, 6.45) is 1.11. The Morgan fingerprint density at radius 3 is 2.94 bits per heavy atom. The number of oxazole rings is 1. The number of anilines is 1. The molecule has 2 aromatic rings. The van der Waals surface area contributed by atoms with Crippen LogP contribution in [0.3, 0.4) is 0 Å². The van der Waals surface area contributed by atoms with Gasteiger partial charge in [0.25, 0.3) is 6.01 Å². The van der Waals surface area contributed by atoms with Crippen LogP contribution in [-0.2, 0) is 9.53 Å². The van der Waals surface area contributed by atoms with Gasteiger partial charge in [0.2, 0.25) is 0 Å². The molecule has 5 heteroatoms. The molecule has 18 heavy (non-hydrogen) atoms. The Balaban J connectivity index is 1.96. The largest absolute Gasteiger partial charge is 0.469 e. The van der Waals surface area contributed by atoms with Crippen LogP contribution in [0.1, 0.15) is 12.8 Å². The van der Waals surface area contributed by atoms with Crippen molar-refractivity contribution < 1.29 is 13.9 Å². The Labute approximate surface area is 105 Å². The molecule has 0 aliphatic heterocycles. The molecule has 0 spiro atoms. The molecule has 1 aromatic carbocycles. The number of nitrogens with zero attached hydrogens (tertiary/aromatic N) is 2. The number of rotatable bonds is 5.